The molecule has 0 radical (unpaired) electrons. The Balaban J connectivity index is 2.62. The van der Waals surface area contributed by atoms with Gasteiger partial charge in [0, 0.05) is 18.8 Å². The maximum atomic E-state index is 12.2. The fourth-order valence-electron chi connectivity index (χ4n) is 1.66. The maximum Gasteiger partial charge on any atom is 0.0911 e. The van der Waals surface area contributed by atoms with Crippen molar-refractivity contribution < 1.29 is 4.39 Å². The fraction of sp³-hybridized carbons (Fsp3) is 0.538. The molecule has 0 fully saturated rings. The summed E-state index contributed by atoms with van der Waals surface area (Å²) in [7, 11) is 0. The Morgan fingerprint density at radius 2 is 1.75 bits per heavy atom. The molecule has 2 nitrogen and oxygen atoms in total. The van der Waals surface area contributed by atoms with Crippen LogP contribution in [0.1, 0.15) is 18.4 Å². The van der Waals surface area contributed by atoms with Gasteiger partial charge in [0.25, 0.3) is 0 Å². The van der Waals surface area contributed by atoms with Gasteiger partial charge in [-0.1, -0.05) is 17.7 Å². The van der Waals surface area contributed by atoms with Gasteiger partial charge in [0.05, 0.1) is 6.67 Å². The van der Waals surface area contributed by atoms with Crippen LogP contribution in [0.4, 0.5) is 10.1 Å². The van der Waals surface area contributed by atoms with Gasteiger partial charge in [-0.15, -0.1) is 0 Å². The first kappa shape index (κ1) is 13.0. The summed E-state index contributed by atoms with van der Waals surface area (Å²) in [6, 6.07) is 8.34. The first-order valence-corrected chi connectivity index (χ1v) is 5.85. The van der Waals surface area contributed by atoms with Crippen molar-refractivity contribution in [3.8, 4) is 0 Å². The molecule has 1 aromatic rings. The van der Waals surface area contributed by atoms with Gasteiger partial charge in [-0.3, -0.25) is 4.39 Å². The minimum Gasteiger partial charge on any atom is -0.371 e. The van der Waals surface area contributed by atoms with Crippen molar-refractivity contribution in [1.29, 1.82) is 0 Å². The van der Waals surface area contributed by atoms with Crippen LogP contribution in [0.2, 0.25) is 0 Å². The lowest BCUT2D eigenvalue weighted by Crippen LogP contribution is -2.27. The number of nitrogens with two attached hydrogens (primary N) is 1. The van der Waals surface area contributed by atoms with Crippen LogP contribution in [0.25, 0.3) is 0 Å². The monoisotopic (exact) mass is 224 g/mol. The van der Waals surface area contributed by atoms with Gasteiger partial charge in [0.15, 0.2) is 0 Å². The largest absolute Gasteiger partial charge is 0.371 e. The average Bonchev–Trinajstić information content (AvgIpc) is 2.31. The Kier molecular flexibility index (Phi) is 5.86. The van der Waals surface area contributed by atoms with E-state index in [0.29, 0.717) is 13.0 Å². The molecule has 0 heterocycles. The number of hydrogen-bond donors (Lipinski definition) is 1. The molecule has 0 saturated carbocycles. The highest BCUT2D eigenvalue weighted by atomic mass is 19.1. The maximum absolute atomic E-state index is 12.2. The van der Waals surface area contributed by atoms with E-state index >= 15 is 0 Å². The van der Waals surface area contributed by atoms with Crippen molar-refractivity contribution >= 4 is 5.69 Å². The summed E-state index contributed by atoms with van der Waals surface area (Å²) in [5.74, 6) is 0. The number of anilines is 1. The normalized spacial score (nSPS) is 10.4. The zero-order valence-corrected chi connectivity index (χ0v) is 9.95. The number of alkyl halides is 1. The molecule has 3 heteroatoms. The van der Waals surface area contributed by atoms with Crippen LogP contribution in [0.15, 0.2) is 24.3 Å². The summed E-state index contributed by atoms with van der Waals surface area (Å²) < 4.78 is 12.2. The van der Waals surface area contributed by atoms with Gasteiger partial charge in [0.1, 0.15) is 0 Å². The summed E-state index contributed by atoms with van der Waals surface area (Å²) in [4.78, 5) is 2.20. The highest BCUT2D eigenvalue weighted by Gasteiger charge is 2.05. The predicted molar refractivity (Wildman–Crippen MR) is 67.7 cm³/mol. The Morgan fingerprint density at radius 3 is 2.31 bits per heavy atom. The summed E-state index contributed by atoms with van der Waals surface area (Å²) in [5, 5.41) is 0. The zero-order valence-electron chi connectivity index (χ0n) is 9.95. The molecule has 0 bridgehead atoms. The second kappa shape index (κ2) is 7.23. The van der Waals surface area contributed by atoms with E-state index in [1.54, 1.807) is 0 Å². The third-order valence-corrected chi connectivity index (χ3v) is 2.59. The molecule has 0 saturated heterocycles. The molecule has 1 aromatic carbocycles. The molecule has 0 aliphatic heterocycles. The Morgan fingerprint density at radius 1 is 1.12 bits per heavy atom. The molecule has 2 N–H and O–H groups in total. The van der Waals surface area contributed by atoms with Crippen molar-refractivity contribution in [2.75, 3.05) is 31.2 Å². The van der Waals surface area contributed by atoms with Crippen LogP contribution in [-0.2, 0) is 0 Å². The van der Waals surface area contributed by atoms with Crippen molar-refractivity contribution in [1.82, 2.24) is 0 Å². The van der Waals surface area contributed by atoms with Gasteiger partial charge >= 0.3 is 0 Å². The third-order valence-electron chi connectivity index (χ3n) is 2.59. The summed E-state index contributed by atoms with van der Waals surface area (Å²) in [6.07, 6.45) is 1.53. The minimum atomic E-state index is -0.259. The molecule has 0 aliphatic rings. The molecule has 16 heavy (non-hydrogen) atoms. The van der Waals surface area contributed by atoms with Gasteiger partial charge in [-0.2, -0.15) is 0 Å². The van der Waals surface area contributed by atoms with Crippen LogP contribution >= 0.6 is 0 Å². The molecule has 0 aliphatic carbocycles. The molecule has 1 rings (SSSR count). The lowest BCUT2D eigenvalue weighted by Gasteiger charge is -2.24. The summed E-state index contributed by atoms with van der Waals surface area (Å²) in [6.45, 7) is 4.15. The van der Waals surface area contributed by atoms with E-state index in [-0.39, 0.29) is 6.67 Å². The quantitative estimate of drug-likeness (QED) is 0.771. The standard InChI is InChI=1S/C13H21FN2/c1-12-4-6-13(7-5-12)16(10-2-8-14)11-3-9-15/h4-7H,2-3,8-11,15H2,1H3. The number of aryl methyl sites for hydroxylation is 1. The van der Waals surface area contributed by atoms with Crippen LogP contribution in [0.3, 0.4) is 0 Å². The molecule has 0 aromatic heterocycles. The number of rotatable bonds is 7. The Bertz CT molecular complexity index is 276. The smallest absolute Gasteiger partial charge is 0.0911 e. The van der Waals surface area contributed by atoms with Crippen molar-refractivity contribution in [2.45, 2.75) is 19.8 Å². The predicted octanol–water partition coefficient (Wildman–Crippen LogP) is 2.51. The number of nitrogens with zero attached hydrogens (tertiary/aromatic N) is 1. The van der Waals surface area contributed by atoms with E-state index in [1.807, 2.05) is 0 Å². The van der Waals surface area contributed by atoms with Crippen LogP contribution in [0.5, 0.6) is 0 Å². The molecule has 90 valence electrons. The Hall–Kier alpha value is -1.09. The number of hydrogen-bond acceptors (Lipinski definition) is 2. The van der Waals surface area contributed by atoms with Crippen LogP contribution < -0.4 is 10.6 Å². The molecule has 0 spiro atoms. The second-order valence-corrected chi connectivity index (χ2v) is 4.01. The third kappa shape index (κ3) is 4.19. The van der Waals surface area contributed by atoms with E-state index < -0.39 is 0 Å². The van der Waals surface area contributed by atoms with E-state index in [1.165, 1.54) is 5.56 Å². The summed E-state index contributed by atoms with van der Waals surface area (Å²) >= 11 is 0. The van der Waals surface area contributed by atoms with Crippen molar-refractivity contribution in [3.05, 3.63) is 29.8 Å². The molecular formula is C13H21FN2. The van der Waals surface area contributed by atoms with Gasteiger partial charge in [0.2, 0.25) is 0 Å². The lowest BCUT2D eigenvalue weighted by molar-refractivity contribution is 0.470. The zero-order chi connectivity index (χ0) is 11.8. The van der Waals surface area contributed by atoms with Crippen molar-refractivity contribution in [3.63, 3.8) is 0 Å². The number of halogens is 1. The molecule has 0 amide bonds. The molecular weight excluding hydrogens is 203 g/mol. The second-order valence-electron chi connectivity index (χ2n) is 4.01. The van der Waals surface area contributed by atoms with E-state index in [2.05, 4.69) is 36.1 Å². The van der Waals surface area contributed by atoms with E-state index in [0.717, 1.165) is 25.2 Å². The van der Waals surface area contributed by atoms with E-state index in [9.17, 15) is 4.39 Å². The average molecular weight is 224 g/mol. The highest BCUT2D eigenvalue weighted by Crippen LogP contribution is 2.15. The summed E-state index contributed by atoms with van der Waals surface area (Å²) in [5.41, 5.74) is 7.91. The fourth-order valence-corrected chi connectivity index (χ4v) is 1.66. The minimum absolute atomic E-state index is 0.259. The van der Waals surface area contributed by atoms with Crippen LogP contribution in [0, 0.1) is 6.92 Å². The lowest BCUT2D eigenvalue weighted by atomic mass is 10.2. The molecule has 0 atom stereocenters. The van der Waals surface area contributed by atoms with Gasteiger partial charge in [-0.05, 0) is 38.4 Å². The van der Waals surface area contributed by atoms with E-state index in [4.69, 9.17) is 5.73 Å². The first-order chi connectivity index (χ1) is 7.77. The van der Waals surface area contributed by atoms with Crippen LogP contribution in [-0.4, -0.2) is 26.3 Å². The SMILES string of the molecule is Cc1ccc(N(CCCN)CCCF)cc1. The van der Waals surface area contributed by atoms with Gasteiger partial charge < -0.3 is 10.6 Å². The Labute approximate surface area is 97.3 Å². The first-order valence-electron chi connectivity index (χ1n) is 5.85. The topological polar surface area (TPSA) is 29.3 Å². The highest BCUT2D eigenvalue weighted by molar-refractivity contribution is 5.47. The number of benzene rings is 1. The van der Waals surface area contributed by atoms with Crippen molar-refractivity contribution in [2.24, 2.45) is 5.73 Å². The molecule has 0 unspecified atom stereocenters. The van der Waals surface area contributed by atoms with Gasteiger partial charge in [-0.25, -0.2) is 0 Å².